The van der Waals surface area contributed by atoms with E-state index in [1.165, 1.54) is 18.3 Å². The molecule has 0 bridgehead atoms. The summed E-state index contributed by atoms with van der Waals surface area (Å²) in [5.74, 6) is 0.101. The molecule has 0 aliphatic heterocycles. The molecule has 134 valence electrons. The summed E-state index contributed by atoms with van der Waals surface area (Å²) in [5.41, 5.74) is -0.0896. The van der Waals surface area contributed by atoms with Gasteiger partial charge in [-0.15, -0.1) is 0 Å². The van der Waals surface area contributed by atoms with Gasteiger partial charge in [0.15, 0.2) is 0 Å². The van der Waals surface area contributed by atoms with Crippen LogP contribution >= 0.6 is 0 Å². The zero-order chi connectivity index (χ0) is 18.4. The van der Waals surface area contributed by atoms with Crippen LogP contribution in [0.3, 0.4) is 0 Å². The molecule has 1 aromatic carbocycles. The highest BCUT2D eigenvalue weighted by molar-refractivity contribution is 5.94. The Hall–Kier alpha value is -2.61. The first-order valence-electron chi connectivity index (χ1n) is 7.59. The van der Waals surface area contributed by atoms with Gasteiger partial charge in [0.1, 0.15) is 5.82 Å². The largest absolute Gasteiger partial charge is 0.416 e. The van der Waals surface area contributed by atoms with E-state index in [9.17, 15) is 18.0 Å². The van der Waals surface area contributed by atoms with Crippen molar-refractivity contribution in [2.24, 2.45) is 0 Å². The van der Waals surface area contributed by atoms with Gasteiger partial charge in [0.25, 0.3) is 5.91 Å². The van der Waals surface area contributed by atoms with Crippen molar-refractivity contribution in [1.82, 2.24) is 15.2 Å². The number of nitrogens with zero attached hydrogens (tertiary/aromatic N) is 2. The molecule has 0 spiro atoms. The van der Waals surface area contributed by atoms with Crippen LogP contribution in [0.4, 0.5) is 24.7 Å². The van der Waals surface area contributed by atoms with Crippen LogP contribution in [0, 0.1) is 0 Å². The maximum Gasteiger partial charge on any atom is 0.416 e. The van der Waals surface area contributed by atoms with Crippen LogP contribution in [-0.4, -0.2) is 43.0 Å². The van der Waals surface area contributed by atoms with Crippen molar-refractivity contribution in [1.29, 1.82) is 0 Å². The standard InChI is InChI=1S/C17H19F3N4O/c1-24(2)9-8-21-16(25)12-6-7-15(22-11-12)23-14-5-3-4-13(10-14)17(18,19)20/h3-7,10-11H,8-9H2,1-2H3,(H,21,25)(H,22,23). The van der Waals surface area contributed by atoms with Crippen molar-refractivity contribution in [3.8, 4) is 0 Å². The van der Waals surface area contributed by atoms with Crippen molar-refractivity contribution in [3.05, 3.63) is 53.7 Å². The summed E-state index contributed by atoms with van der Waals surface area (Å²) in [5, 5.41) is 5.55. The molecule has 0 aliphatic carbocycles. The van der Waals surface area contributed by atoms with E-state index in [1.807, 2.05) is 19.0 Å². The van der Waals surface area contributed by atoms with Gasteiger partial charge in [-0.3, -0.25) is 4.79 Å². The zero-order valence-corrected chi connectivity index (χ0v) is 13.9. The first-order chi connectivity index (χ1) is 11.8. The molecule has 2 rings (SSSR count). The number of nitrogens with one attached hydrogen (secondary N) is 2. The fourth-order valence-corrected chi connectivity index (χ4v) is 2.02. The second kappa shape index (κ2) is 7.98. The molecule has 25 heavy (non-hydrogen) atoms. The highest BCUT2D eigenvalue weighted by atomic mass is 19.4. The fourth-order valence-electron chi connectivity index (χ4n) is 2.02. The molecule has 0 atom stereocenters. The molecule has 0 saturated heterocycles. The van der Waals surface area contributed by atoms with E-state index in [-0.39, 0.29) is 11.6 Å². The topological polar surface area (TPSA) is 57.3 Å². The summed E-state index contributed by atoms with van der Waals surface area (Å²) in [6, 6.07) is 7.94. The van der Waals surface area contributed by atoms with E-state index in [0.717, 1.165) is 12.1 Å². The van der Waals surface area contributed by atoms with Crippen LogP contribution in [0.1, 0.15) is 15.9 Å². The molecule has 1 amide bonds. The first-order valence-corrected chi connectivity index (χ1v) is 7.59. The highest BCUT2D eigenvalue weighted by Gasteiger charge is 2.30. The Kier molecular flexibility index (Phi) is 5.97. The average Bonchev–Trinajstić information content (AvgIpc) is 2.54. The number of hydrogen-bond donors (Lipinski definition) is 2. The number of amides is 1. The molecule has 1 aromatic heterocycles. The number of benzene rings is 1. The molecule has 0 radical (unpaired) electrons. The Morgan fingerprint density at radius 2 is 1.96 bits per heavy atom. The Bertz CT molecular complexity index is 715. The maximum absolute atomic E-state index is 12.7. The van der Waals surface area contributed by atoms with E-state index in [0.29, 0.717) is 24.5 Å². The molecule has 1 heterocycles. The van der Waals surface area contributed by atoms with Crippen LogP contribution < -0.4 is 10.6 Å². The third-order valence-electron chi connectivity index (χ3n) is 3.33. The SMILES string of the molecule is CN(C)CCNC(=O)c1ccc(Nc2cccc(C(F)(F)F)c2)nc1. The monoisotopic (exact) mass is 352 g/mol. The van der Waals surface area contributed by atoms with E-state index in [4.69, 9.17) is 0 Å². The quantitative estimate of drug-likeness (QED) is 0.839. The Morgan fingerprint density at radius 1 is 1.20 bits per heavy atom. The normalized spacial score (nSPS) is 11.4. The number of rotatable bonds is 6. The number of hydrogen-bond acceptors (Lipinski definition) is 4. The van der Waals surface area contributed by atoms with Gasteiger partial charge < -0.3 is 15.5 Å². The zero-order valence-electron chi connectivity index (χ0n) is 13.9. The Balaban J connectivity index is 2.00. The van der Waals surface area contributed by atoms with Gasteiger partial charge in [-0.2, -0.15) is 13.2 Å². The third-order valence-corrected chi connectivity index (χ3v) is 3.33. The Labute approximate surface area is 143 Å². The molecule has 2 aromatic rings. The van der Waals surface area contributed by atoms with Gasteiger partial charge in [0.05, 0.1) is 11.1 Å². The molecular formula is C17H19F3N4O. The van der Waals surface area contributed by atoms with Gasteiger partial charge in [-0.25, -0.2) is 4.98 Å². The van der Waals surface area contributed by atoms with Crippen LogP contribution in [0.15, 0.2) is 42.6 Å². The number of carbonyl (C=O) groups is 1. The summed E-state index contributed by atoms with van der Waals surface area (Å²) in [7, 11) is 3.81. The smallest absolute Gasteiger partial charge is 0.351 e. The van der Waals surface area contributed by atoms with Crippen molar-refractivity contribution >= 4 is 17.4 Å². The molecule has 0 aliphatic rings. The average molecular weight is 352 g/mol. The van der Waals surface area contributed by atoms with Crippen LogP contribution in [0.2, 0.25) is 0 Å². The minimum absolute atomic E-state index is 0.250. The molecule has 0 saturated carbocycles. The van der Waals surface area contributed by atoms with E-state index < -0.39 is 11.7 Å². The minimum atomic E-state index is -4.40. The van der Waals surface area contributed by atoms with Crippen LogP contribution in [0.25, 0.3) is 0 Å². The molecule has 0 fully saturated rings. The lowest BCUT2D eigenvalue weighted by Crippen LogP contribution is -2.31. The summed E-state index contributed by atoms with van der Waals surface area (Å²) < 4.78 is 38.1. The fraction of sp³-hybridized carbons (Fsp3) is 0.294. The molecular weight excluding hydrogens is 333 g/mol. The number of aromatic nitrogens is 1. The lowest BCUT2D eigenvalue weighted by atomic mass is 10.2. The number of alkyl halides is 3. The second-order valence-electron chi connectivity index (χ2n) is 5.69. The number of likely N-dealkylation sites (N-methyl/N-ethyl adjacent to an activating group) is 1. The first kappa shape index (κ1) is 18.7. The summed E-state index contributed by atoms with van der Waals surface area (Å²) in [6.07, 6.45) is -3.03. The van der Waals surface area contributed by atoms with Crippen LogP contribution in [-0.2, 0) is 6.18 Å². The number of carbonyl (C=O) groups excluding carboxylic acids is 1. The lowest BCUT2D eigenvalue weighted by molar-refractivity contribution is -0.137. The number of anilines is 2. The number of halogens is 3. The van der Waals surface area contributed by atoms with Gasteiger partial charge in [0, 0.05) is 25.0 Å². The number of pyridine rings is 1. The summed E-state index contributed by atoms with van der Waals surface area (Å²) in [6.45, 7) is 1.23. The third kappa shape index (κ3) is 5.75. The molecule has 2 N–H and O–H groups in total. The van der Waals surface area contributed by atoms with Gasteiger partial charge in [-0.05, 0) is 44.4 Å². The van der Waals surface area contributed by atoms with Crippen molar-refractivity contribution in [2.75, 3.05) is 32.5 Å². The second-order valence-corrected chi connectivity index (χ2v) is 5.69. The van der Waals surface area contributed by atoms with Crippen molar-refractivity contribution < 1.29 is 18.0 Å². The molecule has 0 unspecified atom stereocenters. The predicted molar refractivity (Wildman–Crippen MR) is 89.9 cm³/mol. The maximum atomic E-state index is 12.7. The molecule has 5 nitrogen and oxygen atoms in total. The van der Waals surface area contributed by atoms with E-state index in [1.54, 1.807) is 12.1 Å². The predicted octanol–water partition coefficient (Wildman–Crippen LogP) is 3.14. The summed E-state index contributed by atoms with van der Waals surface area (Å²) in [4.78, 5) is 17.9. The van der Waals surface area contributed by atoms with Gasteiger partial charge in [0.2, 0.25) is 0 Å². The van der Waals surface area contributed by atoms with E-state index >= 15 is 0 Å². The van der Waals surface area contributed by atoms with Gasteiger partial charge in [-0.1, -0.05) is 6.07 Å². The van der Waals surface area contributed by atoms with E-state index in [2.05, 4.69) is 15.6 Å². The highest BCUT2D eigenvalue weighted by Crippen LogP contribution is 2.31. The van der Waals surface area contributed by atoms with Crippen molar-refractivity contribution in [2.45, 2.75) is 6.18 Å². The minimum Gasteiger partial charge on any atom is -0.351 e. The van der Waals surface area contributed by atoms with Crippen LogP contribution in [0.5, 0.6) is 0 Å². The lowest BCUT2D eigenvalue weighted by Gasteiger charge is -2.11. The summed E-state index contributed by atoms with van der Waals surface area (Å²) >= 11 is 0. The van der Waals surface area contributed by atoms with Gasteiger partial charge >= 0.3 is 6.18 Å². The molecule has 8 heteroatoms. The van der Waals surface area contributed by atoms with Crippen molar-refractivity contribution in [3.63, 3.8) is 0 Å². The Morgan fingerprint density at radius 3 is 2.56 bits per heavy atom.